The van der Waals surface area contributed by atoms with E-state index in [1.165, 1.54) is 11.1 Å². The van der Waals surface area contributed by atoms with E-state index in [-0.39, 0.29) is 12.4 Å². The second-order valence-electron chi connectivity index (χ2n) is 6.51. The molecule has 0 saturated carbocycles. The minimum Gasteiger partial charge on any atom is -0.490 e. The van der Waals surface area contributed by atoms with E-state index in [0.717, 1.165) is 54.7 Å². The molecule has 24 heavy (non-hydrogen) atoms. The van der Waals surface area contributed by atoms with Crippen molar-refractivity contribution in [1.82, 2.24) is 0 Å². The van der Waals surface area contributed by atoms with Crippen LogP contribution in [0.25, 0.3) is 10.8 Å². The van der Waals surface area contributed by atoms with Gasteiger partial charge in [0, 0.05) is 28.3 Å². The molecule has 2 aromatic carbocycles. The van der Waals surface area contributed by atoms with Crippen LogP contribution in [-0.4, -0.2) is 32.2 Å². The molecule has 2 aromatic rings. The number of hydrogen-bond acceptors (Lipinski definition) is 4. The quantitative estimate of drug-likeness (QED) is 0.624. The molecule has 2 heterocycles. The summed E-state index contributed by atoms with van der Waals surface area (Å²) in [5, 5.41) is 2.22. The fraction of sp³-hybridized carbons (Fsp3) is 0.400. The van der Waals surface area contributed by atoms with Gasteiger partial charge in [-0.2, -0.15) is 0 Å². The zero-order valence-electron chi connectivity index (χ0n) is 13.5. The third-order valence-electron chi connectivity index (χ3n) is 4.86. The summed E-state index contributed by atoms with van der Waals surface area (Å²) < 4.78 is 23.2. The van der Waals surface area contributed by atoms with E-state index in [1.807, 2.05) is 0 Å². The molecule has 2 atom stereocenters. The molecule has 0 radical (unpaired) electrons. The zero-order valence-corrected chi connectivity index (χ0v) is 13.5. The van der Waals surface area contributed by atoms with Gasteiger partial charge in [-0.1, -0.05) is 36.4 Å². The Bertz CT molecular complexity index is 803. The molecule has 3 aliphatic rings. The lowest BCUT2D eigenvalue weighted by Gasteiger charge is -2.30. The summed E-state index contributed by atoms with van der Waals surface area (Å²) >= 11 is 0. The summed E-state index contributed by atoms with van der Waals surface area (Å²) in [4.78, 5) is 0. The second-order valence-corrected chi connectivity index (χ2v) is 6.51. The predicted octanol–water partition coefficient (Wildman–Crippen LogP) is 3.40. The van der Waals surface area contributed by atoms with Gasteiger partial charge in [-0.15, -0.1) is 0 Å². The normalized spacial score (nSPS) is 24.3. The van der Waals surface area contributed by atoms with E-state index in [0.29, 0.717) is 6.61 Å². The molecule has 0 aromatic heterocycles. The fourth-order valence-corrected chi connectivity index (χ4v) is 3.39. The van der Waals surface area contributed by atoms with Crippen molar-refractivity contribution in [2.24, 2.45) is 0 Å². The van der Waals surface area contributed by atoms with Crippen LogP contribution in [0.15, 0.2) is 36.4 Å². The van der Waals surface area contributed by atoms with Crippen LogP contribution in [0.4, 0.5) is 0 Å². The average molecular weight is 324 g/mol. The fourth-order valence-electron chi connectivity index (χ4n) is 3.39. The summed E-state index contributed by atoms with van der Waals surface area (Å²) in [5.74, 6) is 1.95. The van der Waals surface area contributed by atoms with E-state index in [9.17, 15) is 0 Å². The predicted molar refractivity (Wildman–Crippen MR) is 90.7 cm³/mol. The summed E-state index contributed by atoms with van der Waals surface area (Å²) in [6.45, 7) is 2.21. The van der Waals surface area contributed by atoms with Crippen LogP contribution in [0.3, 0.4) is 0 Å². The minimum absolute atomic E-state index is 0.116. The summed E-state index contributed by atoms with van der Waals surface area (Å²) in [5.41, 5.74) is 2.48. The molecule has 0 N–H and O–H groups in total. The number of rotatable bonds is 5. The van der Waals surface area contributed by atoms with Gasteiger partial charge in [0.15, 0.2) is 0 Å². The first-order valence-corrected chi connectivity index (χ1v) is 8.64. The van der Waals surface area contributed by atoms with Gasteiger partial charge < -0.3 is 18.9 Å². The maximum absolute atomic E-state index is 6.22. The first kappa shape index (κ1) is 14.3. The summed E-state index contributed by atoms with van der Waals surface area (Å²) in [6.07, 6.45) is 7.26. The van der Waals surface area contributed by atoms with E-state index < -0.39 is 0 Å². The highest BCUT2D eigenvalue weighted by atomic mass is 16.7. The number of benzene rings is 2. The van der Waals surface area contributed by atoms with Crippen LogP contribution >= 0.6 is 0 Å². The van der Waals surface area contributed by atoms with Crippen molar-refractivity contribution < 1.29 is 18.9 Å². The minimum atomic E-state index is -0.116. The molecule has 2 unspecified atom stereocenters. The van der Waals surface area contributed by atoms with Gasteiger partial charge >= 0.3 is 0 Å². The lowest BCUT2D eigenvalue weighted by atomic mass is 9.90. The van der Waals surface area contributed by atoms with Crippen LogP contribution in [0.5, 0.6) is 11.5 Å². The zero-order chi connectivity index (χ0) is 15.9. The van der Waals surface area contributed by atoms with E-state index in [2.05, 4.69) is 36.4 Å². The Morgan fingerprint density at radius 2 is 1.62 bits per heavy atom. The Balaban J connectivity index is 1.65. The van der Waals surface area contributed by atoms with Crippen LogP contribution < -0.4 is 9.47 Å². The SMILES string of the molecule is C1=CCc2c(c(OCC3CO3)c3ccccc3c2OC2CCO2)C1. The Morgan fingerprint density at radius 1 is 0.958 bits per heavy atom. The average Bonchev–Trinajstić information content (AvgIpc) is 3.40. The van der Waals surface area contributed by atoms with Gasteiger partial charge in [0.05, 0.1) is 13.2 Å². The maximum atomic E-state index is 6.22. The maximum Gasteiger partial charge on any atom is 0.202 e. The van der Waals surface area contributed by atoms with Crippen molar-refractivity contribution in [2.45, 2.75) is 31.7 Å². The number of allylic oxidation sites excluding steroid dienone is 2. The molecule has 4 nitrogen and oxygen atoms in total. The molecule has 1 aliphatic carbocycles. The number of fused-ring (bicyclic) bond motifs is 2. The molecule has 0 bridgehead atoms. The summed E-state index contributed by atoms with van der Waals surface area (Å²) in [6, 6.07) is 8.33. The van der Waals surface area contributed by atoms with Crippen LogP contribution in [0.2, 0.25) is 0 Å². The standard InChI is InChI=1S/C20H20O4/c1-3-7-16-14(5-1)19(23-12-13-11-22-13)15-6-2-4-8-17(15)20(16)24-18-9-10-21-18/h1-5,7,13,18H,6,8-12H2. The molecule has 0 amide bonds. The van der Waals surface area contributed by atoms with Crippen molar-refractivity contribution in [3.05, 3.63) is 47.5 Å². The van der Waals surface area contributed by atoms with E-state index >= 15 is 0 Å². The van der Waals surface area contributed by atoms with Gasteiger partial charge in [-0.05, 0) is 12.8 Å². The first-order valence-electron chi connectivity index (χ1n) is 8.64. The van der Waals surface area contributed by atoms with Crippen LogP contribution in [0.1, 0.15) is 17.5 Å². The van der Waals surface area contributed by atoms with Crippen LogP contribution in [-0.2, 0) is 22.3 Å². The smallest absolute Gasteiger partial charge is 0.202 e. The topological polar surface area (TPSA) is 40.2 Å². The lowest BCUT2D eigenvalue weighted by Crippen LogP contribution is -2.32. The number of epoxide rings is 1. The highest BCUT2D eigenvalue weighted by molar-refractivity contribution is 5.96. The Labute approximate surface area is 141 Å². The Morgan fingerprint density at radius 3 is 2.25 bits per heavy atom. The van der Waals surface area contributed by atoms with Crippen molar-refractivity contribution in [3.63, 3.8) is 0 Å². The van der Waals surface area contributed by atoms with E-state index in [4.69, 9.17) is 18.9 Å². The van der Waals surface area contributed by atoms with Gasteiger partial charge in [-0.3, -0.25) is 0 Å². The van der Waals surface area contributed by atoms with Crippen molar-refractivity contribution >= 4 is 10.8 Å². The Kier molecular flexibility index (Phi) is 3.46. The molecule has 4 heteroatoms. The molecule has 2 fully saturated rings. The molecule has 5 rings (SSSR count). The van der Waals surface area contributed by atoms with Crippen molar-refractivity contribution in [1.29, 1.82) is 0 Å². The number of ether oxygens (including phenoxy) is 4. The monoisotopic (exact) mass is 324 g/mol. The van der Waals surface area contributed by atoms with Crippen LogP contribution in [0, 0.1) is 0 Å². The van der Waals surface area contributed by atoms with Crippen molar-refractivity contribution in [2.75, 3.05) is 19.8 Å². The molecule has 0 spiro atoms. The largest absolute Gasteiger partial charge is 0.490 e. The Hall–Kier alpha value is -2.04. The first-order chi connectivity index (χ1) is 11.9. The highest BCUT2D eigenvalue weighted by Crippen LogP contribution is 2.44. The van der Waals surface area contributed by atoms with Crippen molar-refractivity contribution in [3.8, 4) is 11.5 Å². The van der Waals surface area contributed by atoms with E-state index in [1.54, 1.807) is 0 Å². The lowest BCUT2D eigenvalue weighted by molar-refractivity contribution is -0.165. The molecule has 124 valence electrons. The third-order valence-corrected chi connectivity index (χ3v) is 4.86. The molecule has 2 saturated heterocycles. The highest BCUT2D eigenvalue weighted by Gasteiger charge is 2.28. The second kappa shape index (κ2) is 5.80. The number of hydrogen-bond donors (Lipinski definition) is 0. The van der Waals surface area contributed by atoms with Gasteiger partial charge in [-0.25, -0.2) is 0 Å². The van der Waals surface area contributed by atoms with Gasteiger partial charge in [0.1, 0.15) is 24.2 Å². The van der Waals surface area contributed by atoms with Gasteiger partial charge in [0.25, 0.3) is 0 Å². The summed E-state index contributed by atoms with van der Waals surface area (Å²) in [7, 11) is 0. The molecular weight excluding hydrogens is 304 g/mol. The van der Waals surface area contributed by atoms with Gasteiger partial charge in [0.2, 0.25) is 6.29 Å². The third kappa shape index (κ3) is 2.46. The molecule has 2 aliphatic heterocycles. The molecular formula is C20H20O4.